The van der Waals surface area contributed by atoms with Crippen LogP contribution in [0.5, 0.6) is 0 Å². The number of ether oxygens (including phenoxy) is 1. The molecule has 2 amide bonds. The van der Waals surface area contributed by atoms with Crippen molar-refractivity contribution in [1.29, 1.82) is 0 Å². The van der Waals surface area contributed by atoms with Gasteiger partial charge in [-0.15, -0.1) is 0 Å². The van der Waals surface area contributed by atoms with Crippen LogP contribution in [0.4, 0.5) is 10.5 Å². The van der Waals surface area contributed by atoms with E-state index < -0.39 is 0 Å². The first-order valence-corrected chi connectivity index (χ1v) is 8.83. The Balaban J connectivity index is 1.54. The van der Waals surface area contributed by atoms with Gasteiger partial charge in [0.1, 0.15) is 5.76 Å². The maximum Gasteiger partial charge on any atom is 0.322 e. The summed E-state index contributed by atoms with van der Waals surface area (Å²) in [5, 5.41) is 3.99. The van der Waals surface area contributed by atoms with Crippen molar-refractivity contribution in [2.24, 2.45) is 0 Å². The number of fused-ring (bicyclic) bond motifs is 1. The molecular weight excluding hydrogens is 330 g/mol. The van der Waals surface area contributed by atoms with Crippen molar-refractivity contribution in [2.75, 3.05) is 18.5 Å². The third-order valence-corrected chi connectivity index (χ3v) is 4.54. The van der Waals surface area contributed by atoms with E-state index in [4.69, 9.17) is 9.15 Å². The summed E-state index contributed by atoms with van der Waals surface area (Å²) in [6.45, 7) is 1.69. The summed E-state index contributed by atoms with van der Waals surface area (Å²) in [5.41, 5.74) is 1.48. The third-order valence-electron chi connectivity index (χ3n) is 4.54. The molecule has 0 bridgehead atoms. The fraction of sp³-hybridized carbons (Fsp3) is 0.300. The van der Waals surface area contributed by atoms with Crippen molar-refractivity contribution in [3.05, 3.63) is 60.7 Å². The Morgan fingerprint density at radius 3 is 2.96 bits per heavy atom. The van der Waals surface area contributed by atoms with Gasteiger partial charge in [-0.1, -0.05) is 18.2 Å². The number of hydrogen-bond donors (Lipinski definition) is 1. The zero-order valence-corrected chi connectivity index (χ0v) is 14.4. The van der Waals surface area contributed by atoms with Gasteiger partial charge in [0.2, 0.25) is 0 Å². The average Bonchev–Trinajstić information content (AvgIpc) is 3.35. The third kappa shape index (κ3) is 3.70. The van der Waals surface area contributed by atoms with E-state index in [1.54, 1.807) is 17.4 Å². The number of anilines is 1. The predicted octanol–water partition coefficient (Wildman–Crippen LogP) is 4.04. The van der Waals surface area contributed by atoms with E-state index in [9.17, 15) is 4.79 Å². The van der Waals surface area contributed by atoms with Crippen molar-refractivity contribution in [3.63, 3.8) is 0 Å². The lowest BCUT2D eigenvalue weighted by atomic mass is 10.2. The Labute approximate surface area is 151 Å². The summed E-state index contributed by atoms with van der Waals surface area (Å²) in [6, 6.07) is 13.1. The number of benzene rings is 1. The highest BCUT2D eigenvalue weighted by atomic mass is 16.5. The first-order valence-electron chi connectivity index (χ1n) is 8.83. The van der Waals surface area contributed by atoms with Gasteiger partial charge in [-0.05, 0) is 37.1 Å². The highest BCUT2D eigenvalue weighted by Gasteiger charge is 2.24. The summed E-state index contributed by atoms with van der Waals surface area (Å²) in [7, 11) is 0. The Morgan fingerprint density at radius 2 is 2.15 bits per heavy atom. The second-order valence-corrected chi connectivity index (χ2v) is 6.41. The predicted molar refractivity (Wildman–Crippen MR) is 98.9 cm³/mol. The number of nitrogens with one attached hydrogen (secondary N) is 1. The molecule has 4 rings (SSSR count). The van der Waals surface area contributed by atoms with E-state index >= 15 is 0 Å². The molecule has 1 fully saturated rings. The van der Waals surface area contributed by atoms with Gasteiger partial charge < -0.3 is 19.4 Å². The molecule has 26 heavy (non-hydrogen) atoms. The lowest BCUT2D eigenvalue weighted by molar-refractivity contribution is 0.0803. The average molecular weight is 351 g/mol. The number of amides is 2. The molecular formula is C20H21N3O3. The largest absolute Gasteiger partial charge is 0.467 e. The van der Waals surface area contributed by atoms with Crippen LogP contribution in [0.15, 0.2) is 59.3 Å². The van der Waals surface area contributed by atoms with E-state index in [-0.39, 0.29) is 12.1 Å². The number of furan rings is 1. The number of nitrogens with zero attached hydrogens (tertiary/aromatic N) is 2. The van der Waals surface area contributed by atoms with Gasteiger partial charge in [-0.3, -0.25) is 4.98 Å². The number of para-hydroxylation sites is 1. The molecule has 1 aliphatic heterocycles. The minimum Gasteiger partial charge on any atom is -0.467 e. The molecule has 1 atom stereocenters. The van der Waals surface area contributed by atoms with E-state index in [0.29, 0.717) is 18.8 Å². The van der Waals surface area contributed by atoms with E-state index in [1.165, 1.54) is 0 Å². The molecule has 1 aliphatic rings. The van der Waals surface area contributed by atoms with Crippen LogP contribution in [0.2, 0.25) is 0 Å². The minimum atomic E-state index is -0.185. The Bertz CT molecular complexity index is 868. The molecule has 1 aromatic carbocycles. The van der Waals surface area contributed by atoms with Gasteiger partial charge in [0, 0.05) is 24.7 Å². The Kier molecular flexibility index (Phi) is 4.84. The molecule has 0 saturated carbocycles. The number of aromatic nitrogens is 1. The number of pyridine rings is 1. The summed E-state index contributed by atoms with van der Waals surface area (Å²) in [6.07, 6.45) is 5.42. The van der Waals surface area contributed by atoms with Crippen molar-refractivity contribution in [2.45, 2.75) is 25.5 Å². The van der Waals surface area contributed by atoms with Crippen molar-refractivity contribution < 1.29 is 13.9 Å². The first kappa shape index (κ1) is 16.6. The molecule has 0 spiro atoms. The highest BCUT2D eigenvalue weighted by molar-refractivity contribution is 5.99. The minimum absolute atomic E-state index is 0.0707. The van der Waals surface area contributed by atoms with Crippen LogP contribution in [-0.4, -0.2) is 35.2 Å². The summed E-state index contributed by atoms with van der Waals surface area (Å²) >= 11 is 0. The van der Waals surface area contributed by atoms with Gasteiger partial charge in [0.15, 0.2) is 0 Å². The number of carbonyl (C=O) groups excluding carboxylic acids is 1. The normalized spacial score (nSPS) is 16.7. The molecule has 2 aromatic heterocycles. The van der Waals surface area contributed by atoms with Crippen LogP contribution < -0.4 is 5.32 Å². The maximum absolute atomic E-state index is 13.0. The summed E-state index contributed by atoms with van der Waals surface area (Å²) < 4.78 is 11.1. The van der Waals surface area contributed by atoms with Gasteiger partial charge in [-0.25, -0.2) is 4.79 Å². The van der Waals surface area contributed by atoms with Crippen LogP contribution in [0.25, 0.3) is 10.9 Å². The molecule has 3 aromatic rings. The molecule has 6 heteroatoms. The number of rotatable bonds is 5. The molecule has 1 N–H and O–H groups in total. The van der Waals surface area contributed by atoms with E-state index in [1.807, 2.05) is 42.5 Å². The lowest BCUT2D eigenvalue weighted by Crippen LogP contribution is -2.39. The highest BCUT2D eigenvalue weighted by Crippen LogP contribution is 2.22. The summed E-state index contributed by atoms with van der Waals surface area (Å²) in [5.74, 6) is 0.745. The molecule has 6 nitrogen and oxygen atoms in total. The molecule has 0 radical (unpaired) electrons. The molecule has 1 unspecified atom stereocenters. The zero-order valence-electron chi connectivity index (χ0n) is 14.4. The Morgan fingerprint density at radius 1 is 1.23 bits per heavy atom. The zero-order chi connectivity index (χ0) is 17.8. The molecule has 3 heterocycles. The smallest absolute Gasteiger partial charge is 0.322 e. The van der Waals surface area contributed by atoms with Crippen molar-refractivity contribution >= 4 is 22.6 Å². The molecule has 0 aliphatic carbocycles. The van der Waals surface area contributed by atoms with Gasteiger partial charge in [-0.2, -0.15) is 0 Å². The molecule has 134 valence electrons. The van der Waals surface area contributed by atoms with Crippen LogP contribution in [-0.2, 0) is 11.3 Å². The lowest BCUT2D eigenvalue weighted by Gasteiger charge is -2.25. The maximum atomic E-state index is 13.0. The van der Waals surface area contributed by atoms with E-state index in [0.717, 1.165) is 36.1 Å². The quantitative estimate of drug-likeness (QED) is 0.753. The second-order valence-electron chi connectivity index (χ2n) is 6.41. The first-order chi connectivity index (χ1) is 12.8. The fourth-order valence-electron chi connectivity index (χ4n) is 3.24. The number of hydrogen-bond acceptors (Lipinski definition) is 4. The van der Waals surface area contributed by atoms with Crippen LogP contribution in [0.1, 0.15) is 18.6 Å². The number of carbonyl (C=O) groups is 1. The standard InChI is InChI=1S/C20H21N3O3/c24-20(22-18-9-1-5-15-6-2-10-21-19(15)18)23(13-16-7-3-11-25-16)14-17-8-4-12-26-17/h1-3,5-7,9-11,17H,4,8,12-14H2,(H,22,24). The monoisotopic (exact) mass is 351 g/mol. The summed E-state index contributed by atoms with van der Waals surface area (Å²) in [4.78, 5) is 19.1. The van der Waals surface area contributed by atoms with Crippen molar-refractivity contribution in [3.8, 4) is 0 Å². The van der Waals surface area contributed by atoms with E-state index in [2.05, 4.69) is 10.3 Å². The molecule has 1 saturated heterocycles. The fourth-order valence-corrected chi connectivity index (χ4v) is 3.24. The van der Waals surface area contributed by atoms with Crippen LogP contribution in [0, 0.1) is 0 Å². The van der Waals surface area contributed by atoms with Gasteiger partial charge in [0.05, 0.1) is 30.1 Å². The number of urea groups is 1. The van der Waals surface area contributed by atoms with Crippen molar-refractivity contribution in [1.82, 2.24) is 9.88 Å². The Hall–Kier alpha value is -2.86. The topological polar surface area (TPSA) is 67.6 Å². The second kappa shape index (κ2) is 7.58. The van der Waals surface area contributed by atoms with Crippen LogP contribution >= 0.6 is 0 Å². The SMILES string of the molecule is O=C(Nc1cccc2cccnc12)N(Cc1ccco1)CC1CCCO1. The van der Waals surface area contributed by atoms with Gasteiger partial charge in [0.25, 0.3) is 0 Å². The van der Waals surface area contributed by atoms with Crippen LogP contribution in [0.3, 0.4) is 0 Å². The van der Waals surface area contributed by atoms with Gasteiger partial charge >= 0.3 is 6.03 Å².